The second-order valence-electron chi connectivity index (χ2n) is 6.75. The Morgan fingerprint density at radius 3 is 2.59 bits per heavy atom. The number of hydrogen-bond donors (Lipinski definition) is 1. The van der Waals surface area contributed by atoms with Crippen LogP contribution in [-0.4, -0.2) is 18.3 Å². The summed E-state index contributed by atoms with van der Waals surface area (Å²) in [6, 6.07) is 10.2. The molecule has 7 heteroatoms. The van der Waals surface area contributed by atoms with Gasteiger partial charge in [-0.15, -0.1) is 0 Å². The maximum atomic E-state index is 12.2. The number of halogens is 2. The summed E-state index contributed by atoms with van der Waals surface area (Å²) >= 11 is 11.9. The zero-order valence-electron chi connectivity index (χ0n) is 14.6. The maximum Gasteiger partial charge on any atom is 0.262 e. The summed E-state index contributed by atoms with van der Waals surface area (Å²) in [5, 5.41) is 3.66. The van der Waals surface area contributed by atoms with E-state index in [1.54, 1.807) is 30.3 Å². The predicted molar refractivity (Wildman–Crippen MR) is 104 cm³/mol. The van der Waals surface area contributed by atoms with E-state index in [0.717, 1.165) is 31.4 Å². The van der Waals surface area contributed by atoms with E-state index in [9.17, 15) is 4.79 Å². The maximum absolute atomic E-state index is 12.2. The van der Waals surface area contributed by atoms with Crippen LogP contribution in [-0.2, 0) is 4.79 Å². The molecule has 0 unspecified atom stereocenters. The molecular formula is C20H19Cl2NO4. The van der Waals surface area contributed by atoms with Gasteiger partial charge in [0.15, 0.2) is 18.1 Å². The highest BCUT2D eigenvalue weighted by molar-refractivity contribution is 6.35. The van der Waals surface area contributed by atoms with Crippen molar-refractivity contribution in [3.8, 4) is 17.2 Å². The van der Waals surface area contributed by atoms with Crippen molar-refractivity contribution in [2.75, 3.05) is 11.9 Å². The topological polar surface area (TPSA) is 56.8 Å². The Labute approximate surface area is 167 Å². The number of amides is 1. The monoisotopic (exact) mass is 407 g/mol. The molecule has 4 rings (SSSR count). The third-order valence-electron chi connectivity index (χ3n) is 4.69. The average molecular weight is 408 g/mol. The molecule has 0 aromatic heterocycles. The lowest BCUT2D eigenvalue weighted by atomic mass is 9.94. The van der Waals surface area contributed by atoms with Crippen LogP contribution in [0.5, 0.6) is 17.2 Å². The molecule has 1 N–H and O–H groups in total. The molecular weight excluding hydrogens is 389 g/mol. The smallest absolute Gasteiger partial charge is 0.262 e. The highest BCUT2D eigenvalue weighted by Crippen LogP contribution is 2.46. The van der Waals surface area contributed by atoms with Gasteiger partial charge in [0, 0.05) is 29.6 Å². The Morgan fingerprint density at radius 1 is 1.04 bits per heavy atom. The van der Waals surface area contributed by atoms with Crippen molar-refractivity contribution in [3.63, 3.8) is 0 Å². The molecule has 5 nitrogen and oxygen atoms in total. The molecule has 0 saturated heterocycles. The molecule has 27 heavy (non-hydrogen) atoms. The highest BCUT2D eigenvalue weighted by Gasteiger charge is 2.42. The van der Waals surface area contributed by atoms with Crippen molar-refractivity contribution < 1.29 is 19.0 Å². The van der Waals surface area contributed by atoms with E-state index >= 15 is 0 Å². The highest BCUT2D eigenvalue weighted by atomic mass is 35.5. The van der Waals surface area contributed by atoms with E-state index in [2.05, 4.69) is 5.32 Å². The lowest BCUT2D eigenvalue weighted by Gasteiger charge is -2.31. The van der Waals surface area contributed by atoms with E-state index in [0.29, 0.717) is 27.2 Å². The lowest BCUT2D eigenvalue weighted by Crippen LogP contribution is -2.40. The minimum absolute atomic E-state index is 0.167. The number of ether oxygens (including phenoxy) is 3. The van der Waals surface area contributed by atoms with Crippen molar-refractivity contribution in [1.82, 2.24) is 0 Å². The van der Waals surface area contributed by atoms with Crippen LogP contribution in [0.2, 0.25) is 10.0 Å². The van der Waals surface area contributed by atoms with Crippen LogP contribution in [0.4, 0.5) is 5.69 Å². The molecule has 1 amide bonds. The molecule has 2 aromatic rings. The van der Waals surface area contributed by atoms with Crippen LogP contribution in [0.1, 0.15) is 32.1 Å². The molecule has 1 saturated carbocycles. The molecule has 1 fully saturated rings. The molecule has 142 valence electrons. The van der Waals surface area contributed by atoms with Gasteiger partial charge in [-0.1, -0.05) is 29.6 Å². The number of anilines is 1. The van der Waals surface area contributed by atoms with Gasteiger partial charge in [0.2, 0.25) is 0 Å². The van der Waals surface area contributed by atoms with Crippen LogP contribution < -0.4 is 19.5 Å². The molecule has 2 aromatic carbocycles. The number of hydrogen-bond acceptors (Lipinski definition) is 4. The minimum Gasteiger partial charge on any atom is -0.482 e. The Kier molecular flexibility index (Phi) is 5.06. The molecule has 0 atom stereocenters. The number of rotatable bonds is 4. The summed E-state index contributed by atoms with van der Waals surface area (Å²) in [6.07, 6.45) is 5.19. The number of carbonyl (C=O) groups excluding carboxylic acids is 1. The summed E-state index contributed by atoms with van der Waals surface area (Å²) in [5.74, 6) is 0.960. The van der Waals surface area contributed by atoms with Gasteiger partial charge in [-0.3, -0.25) is 4.79 Å². The summed E-state index contributed by atoms with van der Waals surface area (Å²) < 4.78 is 17.6. The van der Waals surface area contributed by atoms with E-state index in [4.69, 9.17) is 37.4 Å². The molecule has 0 radical (unpaired) electrons. The molecule has 1 aliphatic carbocycles. The van der Waals surface area contributed by atoms with Crippen LogP contribution in [0.3, 0.4) is 0 Å². The van der Waals surface area contributed by atoms with Crippen LogP contribution in [0, 0.1) is 0 Å². The average Bonchev–Trinajstić information content (AvgIpc) is 2.98. The van der Waals surface area contributed by atoms with Crippen molar-refractivity contribution in [2.45, 2.75) is 37.9 Å². The summed E-state index contributed by atoms with van der Waals surface area (Å²) in [6.45, 7) is -0.167. The van der Waals surface area contributed by atoms with Crippen LogP contribution in [0.25, 0.3) is 0 Å². The molecule has 1 heterocycles. The van der Waals surface area contributed by atoms with Gasteiger partial charge in [-0.25, -0.2) is 0 Å². The van der Waals surface area contributed by atoms with Crippen molar-refractivity contribution >= 4 is 34.8 Å². The Balaban J connectivity index is 1.36. The van der Waals surface area contributed by atoms with Gasteiger partial charge in [0.1, 0.15) is 5.75 Å². The fourth-order valence-corrected chi connectivity index (χ4v) is 3.86. The summed E-state index contributed by atoms with van der Waals surface area (Å²) in [4.78, 5) is 12.2. The summed E-state index contributed by atoms with van der Waals surface area (Å²) in [5.41, 5.74) is 0.626. The normalized spacial score (nSPS) is 17.0. The SMILES string of the molecule is O=C(COc1ccc(Cl)cc1Cl)Nc1ccc2c(c1)OC1(CCCCC1)O2. The van der Waals surface area contributed by atoms with Crippen molar-refractivity contribution in [2.24, 2.45) is 0 Å². The van der Waals surface area contributed by atoms with Gasteiger partial charge >= 0.3 is 0 Å². The molecule has 2 aliphatic rings. The van der Waals surface area contributed by atoms with Gasteiger partial charge in [0.25, 0.3) is 11.7 Å². The van der Waals surface area contributed by atoms with Gasteiger partial charge in [-0.2, -0.15) is 0 Å². The molecule has 0 bridgehead atoms. The second-order valence-corrected chi connectivity index (χ2v) is 7.59. The Bertz CT molecular complexity index is 865. The van der Waals surface area contributed by atoms with E-state index in [1.165, 1.54) is 6.42 Å². The number of carbonyl (C=O) groups is 1. The van der Waals surface area contributed by atoms with E-state index in [1.807, 2.05) is 6.07 Å². The number of fused-ring (bicyclic) bond motifs is 1. The zero-order chi connectivity index (χ0) is 18.9. The van der Waals surface area contributed by atoms with Gasteiger partial charge < -0.3 is 19.5 Å². The third-order valence-corrected chi connectivity index (χ3v) is 5.22. The summed E-state index contributed by atoms with van der Waals surface area (Å²) in [7, 11) is 0. The lowest BCUT2D eigenvalue weighted by molar-refractivity contribution is -0.118. The van der Waals surface area contributed by atoms with Crippen LogP contribution in [0.15, 0.2) is 36.4 Å². The first kappa shape index (κ1) is 18.3. The third kappa shape index (κ3) is 4.09. The molecule has 1 aliphatic heterocycles. The second kappa shape index (κ2) is 7.49. The Hall–Kier alpha value is -2.11. The minimum atomic E-state index is -0.530. The first-order valence-corrected chi connectivity index (χ1v) is 9.68. The fourth-order valence-electron chi connectivity index (χ4n) is 3.40. The first-order chi connectivity index (χ1) is 13.0. The predicted octanol–water partition coefficient (Wildman–Crippen LogP) is 5.44. The largest absolute Gasteiger partial charge is 0.482 e. The number of nitrogens with one attached hydrogen (secondary N) is 1. The first-order valence-electron chi connectivity index (χ1n) is 8.93. The van der Waals surface area contributed by atoms with E-state index < -0.39 is 5.79 Å². The van der Waals surface area contributed by atoms with Gasteiger partial charge in [-0.05, 0) is 43.2 Å². The Morgan fingerprint density at radius 2 is 1.81 bits per heavy atom. The quantitative estimate of drug-likeness (QED) is 0.732. The van der Waals surface area contributed by atoms with Crippen molar-refractivity contribution in [1.29, 1.82) is 0 Å². The van der Waals surface area contributed by atoms with Crippen LogP contribution >= 0.6 is 23.2 Å². The van der Waals surface area contributed by atoms with Crippen molar-refractivity contribution in [3.05, 3.63) is 46.4 Å². The van der Waals surface area contributed by atoms with Gasteiger partial charge in [0.05, 0.1) is 5.02 Å². The van der Waals surface area contributed by atoms with E-state index in [-0.39, 0.29) is 12.5 Å². The number of benzene rings is 2. The standard InChI is InChI=1S/C20H19Cl2NO4/c21-13-4-6-16(15(22)10-13)25-12-19(24)23-14-5-7-17-18(11-14)27-20(26-17)8-2-1-3-9-20/h4-7,10-11H,1-3,8-9,12H2,(H,23,24). The molecule has 1 spiro atoms. The zero-order valence-corrected chi connectivity index (χ0v) is 16.1. The fraction of sp³-hybridized carbons (Fsp3) is 0.350.